The molecule has 25 heteroatoms. The Kier molecular flexibility index (Phi) is 24.3. The summed E-state index contributed by atoms with van der Waals surface area (Å²) in [7, 11) is 0. The van der Waals surface area contributed by atoms with Crippen LogP contribution in [0.15, 0.2) is 24.3 Å². The first-order chi connectivity index (χ1) is 35.7. The van der Waals surface area contributed by atoms with Crippen molar-refractivity contribution in [2.75, 3.05) is 13.1 Å². The summed E-state index contributed by atoms with van der Waals surface area (Å²) in [5.41, 5.74) is 5.23. The average molecular weight is 1080 g/mol. The highest BCUT2D eigenvalue weighted by atomic mass is 16.3. The predicted octanol–water partition coefficient (Wildman–Crippen LogP) is -3.10. The van der Waals surface area contributed by atoms with Crippen LogP contribution in [0, 0.1) is 17.8 Å². The third-order valence-corrected chi connectivity index (χ3v) is 14.7. The summed E-state index contributed by atoms with van der Waals surface area (Å²) < 4.78 is 0. The predicted molar refractivity (Wildman–Crippen MR) is 270 cm³/mol. The molecule has 3 aliphatic heterocycles. The Bertz CT molecular complexity index is 2140. The number of carbonyl (C=O) groups is 8. The molecule has 0 aromatic heterocycles. The Labute approximate surface area is 442 Å². The zero-order valence-electron chi connectivity index (χ0n) is 44.0. The number of carbonyl (C=O) groups excluding carboxylic acids is 8. The number of fused-ring (bicyclic) bond motifs is 2. The normalized spacial score (nSPS) is 29.8. The van der Waals surface area contributed by atoms with E-state index in [1.54, 1.807) is 0 Å². The number of rotatable bonds is 20. The van der Waals surface area contributed by atoms with E-state index in [1.165, 1.54) is 13.3 Å². The molecule has 1 aromatic rings. The number of hydrogen-bond acceptors (Lipinski definition) is 17. The minimum Gasteiger partial charge on any atom is -0.508 e. The first-order valence-electron chi connectivity index (χ1n) is 26.4. The molecular formula is C51H82N8O17. The van der Waals surface area contributed by atoms with Crippen LogP contribution < -0.4 is 32.3 Å². The van der Waals surface area contributed by atoms with E-state index in [1.807, 2.05) is 0 Å². The standard InChI is InChI=1S/C51H82N8O17/c1-6-25(2)19-26(3)13-11-9-7-8-10-12-14-37(66)53-32-21-35(64)47(72)57-49(74)41-42(67)27(4)23-59(41)51(76)39(34(63)22-36(52)65)55-48(73)40(44(69)43(68)29-15-17-30(61)18-16-29)56-46(71)33-20-31(62)24-58(33)50(75)38(28(5)60)54-45(32)70/h15-18,25-28,31-35,38-44,47,60-64,67-69,72H,6-14,19-24H2,1-5H3,(H2,52,65)(H,53,66)(H,54,70)(H,55,73)(H,56,71)(H,57,74)/t25?,26?,27-,28+,31+,32?,33-,34+,35-,38-,39-,40-,41-,42-,43+,44?,47+/m0/s1. The summed E-state index contributed by atoms with van der Waals surface area (Å²) >= 11 is 0. The van der Waals surface area contributed by atoms with Crippen LogP contribution in [0.1, 0.15) is 130 Å². The van der Waals surface area contributed by atoms with E-state index >= 15 is 0 Å². The van der Waals surface area contributed by atoms with Crippen LogP contribution in [0.4, 0.5) is 0 Å². The minimum atomic E-state index is -2.37. The van der Waals surface area contributed by atoms with Gasteiger partial charge in [0.25, 0.3) is 0 Å². The van der Waals surface area contributed by atoms with Gasteiger partial charge in [-0.15, -0.1) is 0 Å². The highest BCUT2D eigenvalue weighted by molar-refractivity contribution is 5.98. The van der Waals surface area contributed by atoms with Crippen molar-refractivity contribution >= 4 is 47.3 Å². The lowest BCUT2D eigenvalue weighted by molar-refractivity contribution is -0.149. The maximum atomic E-state index is 14.5. The fourth-order valence-electron chi connectivity index (χ4n) is 10.0. The molecular weight excluding hydrogens is 997 g/mol. The molecule has 25 nitrogen and oxygen atoms in total. The topological polar surface area (TPSA) is 411 Å². The summed E-state index contributed by atoms with van der Waals surface area (Å²) in [5.74, 6) is -9.52. The van der Waals surface area contributed by atoms with Gasteiger partial charge in [-0.25, -0.2) is 0 Å². The van der Waals surface area contributed by atoms with Gasteiger partial charge in [-0.3, -0.25) is 38.4 Å². The summed E-state index contributed by atoms with van der Waals surface area (Å²) in [6, 6.07) is -7.42. The smallest absolute Gasteiger partial charge is 0.248 e. The monoisotopic (exact) mass is 1080 g/mol. The third-order valence-electron chi connectivity index (χ3n) is 14.7. The molecule has 3 fully saturated rings. The van der Waals surface area contributed by atoms with E-state index in [0.717, 1.165) is 74.6 Å². The van der Waals surface area contributed by atoms with Crippen LogP contribution in [-0.2, 0) is 38.4 Å². The molecule has 0 saturated carbocycles. The number of nitrogens with zero attached hydrogens (tertiary/aromatic N) is 2. The molecule has 3 heterocycles. The second-order valence-electron chi connectivity index (χ2n) is 21.2. The van der Waals surface area contributed by atoms with Gasteiger partial charge >= 0.3 is 0 Å². The molecule has 17 atom stereocenters. The molecule has 0 bridgehead atoms. The maximum Gasteiger partial charge on any atom is 0.248 e. The Morgan fingerprint density at radius 2 is 1.32 bits per heavy atom. The molecule has 0 radical (unpaired) electrons. The van der Waals surface area contributed by atoms with Crippen LogP contribution in [-0.4, -0.2) is 195 Å². The fraction of sp³-hybridized carbons (Fsp3) is 0.725. The molecule has 4 unspecified atom stereocenters. The number of aliphatic hydroxyl groups is 8. The highest BCUT2D eigenvalue weighted by Gasteiger charge is 2.50. The maximum absolute atomic E-state index is 14.5. The molecule has 0 aliphatic carbocycles. The van der Waals surface area contributed by atoms with Crippen molar-refractivity contribution in [1.29, 1.82) is 0 Å². The van der Waals surface area contributed by atoms with Gasteiger partial charge in [-0.1, -0.05) is 84.8 Å². The molecule has 1 aromatic carbocycles. The molecule has 76 heavy (non-hydrogen) atoms. The first-order valence-corrected chi connectivity index (χ1v) is 26.4. The van der Waals surface area contributed by atoms with Gasteiger partial charge in [0.2, 0.25) is 47.3 Å². The van der Waals surface area contributed by atoms with Gasteiger partial charge in [0, 0.05) is 38.3 Å². The van der Waals surface area contributed by atoms with Crippen LogP contribution in [0.2, 0.25) is 0 Å². The Morgan fingerprint density at radius 3 is 1.93 bits per heavy atom. The van der Waals surface area contributed by atoms with Crippen molar-refractivity contribution in [3.8, 4) is 5.75 Å². The summed E-state index contributed by atoms with van der Waals surface area (Å²) in [6.45, 7) is 8.17. The van der Waals surface area contributed by atoms with Gasteiger partial charge in [0.1, 0.15) is 60.3 Å². The third kappa shape index (κ3) is 17.5. The molecule has 0 spiro atoms. The van der Waals surface area contributed by atoms with Crippen molar-refractivity contribution < 1.29 is 84.3 Å². The molecule has 3 aliphatic rings. The summed E-state index contributed by atoms with van der Waals surface area (Å²) in [6.07, 6.45) is -9.95. The van der Waals surface area contributed by atoms with Crippen LogP contribution >= 0.6 is 0 Å². The van der Waals surface area contributed by atoms with E-state index in [-0.39, 0.29) is 17.7 Å². The van der Waals surface area contributed by atoms with Gasteiger partial charge in [0.15, 0.2) is 6.23 Å². The van der Waals surface area contributed by atoms with Crippen molar-refractivity contribution in [1.82, 2.24) is 36.4 Å². The van der Waals surface area contributed by atoms with Crippen LogP contribution in [0.5, 0.6) is 5.75 Å². The van der Waals surface area contributed by atoms with Gasteiger partial charge in [0.05, 0.1) is 30.8 Å². The summed E-state index contributed by atoms with van der Waals surface area (Å²) in [4.78, 5) is 113. The molecule has 8 amide bonds. The first kappa shape index (κ1) is 63.0. The van der Waals surface area contributed by atoms with Crippen LogP contribution in [0.25, 0.3) is 0 Å². The van der Waals surface area contributed by atoms with Crippen molar-refractivity contribution in [2.45, 2.75) is 203 Å². The zero-order valence-corrected chi connectivity index (χ0v) is 44.0. The van der Waals surface area contributed by atoms with Crippen molar-refractivity contribution in [3.63, 3.8) is 0 Å². The number of nitrogens with one attached hydrogen (secondary N) is 5. The Hall–Kier alpha value is -5.54. The number of phenols is 1. The second kappa shape index (κ2) is 29.3. The van der Waals surface area contributed by atoms with E-state index in [2.05, 4.69) is 47.4 Å². The van der Waals surface area contributed by atoms with Gasteiger partial charge < -0.3 is 88.1 Å². The lowest BCUT2D eigenvalue weighted by atomic mass is 9.91. The Balaban J connectivity index is 1.71. The number of aromatic hydroxyl groups is 1. The number of unbranched alkanes of at least 4 members (excludes halogenated alkanes) is 5. The fourth-order valence-corrected chi connectivity index (χ4v) is 10.0. The lowest BCUT2D eigenvalue weighted by Crippen LogP contribution is -2.64. The zero-order chi connectivity index (χ0) is 56.7. The number of phenolic OH excluding ortho intramolecular Hbond substituents is 1. The number of hydrogen-bond donors (Lipinski definition) is 15. The van der Waals surface area contributed by atoms with E-state index in [0.29, 0.717) is 29.6 Å². The van der Waals surface area contributed by atoms with E-state index in [9.17, 15) is 84.3 Å². The average Bonchev–Trinajstić information content (AvgIpc) is 3.90. The molecule has 428 valence electrons. The molecule has 4 rings (SSSR count). The van der Waals surface area contributed by atoms with E-state index < -0.39 is 171 Å². The molecule has 3 saturated heterocycles. The second-order valence-corrected chi connectivity index (χ2v) is 21.2. The van der Waals surface area contributed by atoms with E-state index in [4.69, 9.17) is 5.73 Å². The summed E-state index contributed by atoms with van der Waals surface area (Å²) in [5, 5.41) is 111. The van der Waals surface area contributed by atoms with Crippen molar-refractivity contribution in [3.05, 3.63) is 29.8 Å². The largest absolute Gasteiger partial charge is 0.508 e. The number of amides is 8. The number of nitrogens with two attached hydrogens (primary N) is 1. The van der Waals surface area contributed by atoms with Crippen LogP contribution in [0.3, 0.4) is 0 Å². The van der Waals surface area contributed by atoms with Gasteiger partial charge in [-0.2, -0.15) is 0 Å². The Morgan fingerprint density at radius 1 is 0.724 bits per heavy atom. The number of primary amides is 1. The number of aliphatic hydroxyl groups excluding tert-OH is 8. The SMILES string of the molecule is CCC(C)CC(C)CCCCCCCCC(=O)NC1C[C@H](O)[C@@H](O)NC(=O)[C@@H]2[C@@H](O)[C@@H](C)CN2C(=O)[C@H]([C@H](O)CC(N)=O)NC(=O)[C@H](C(O)[C@H](O)c2ccc(O)cc2)NC(=O)[C@@H]2C[C@@H](O)CN2C(=O)[C@H]([C@@H](C)O)NC1=O. The van der Waals surface area contributed by atoms with Gasteiger partial charge in [-0.05, 0) is 49.3 Å². The molecule has 16 N–H and O–H groups in total. The highest BCUT2D eigenvalue weighted by Crippen LogP contribution is 2.28. The quantitative estimate of drug-likeness (QED) is 0.0575. The lowest BCUT2D eigenvalue weighted by Gasteiger charge is -2.34. The number of benzene rings is 1. The van der Waals surface area contributed by atoms with Crippen molar-refractivity contribution in [2.24, 2.45) is 23.5 Å². The minimum absolute atomic E-state index is 0.0813.